The van der Waals surface area contributed by atoms with Gasteiger partial charge in [-0.05, 0) is 12.8 Å². The van der Waals surface area contributed by atoms with Gasteiger partial charge in [-0.2, -0.15) is 0 Å². The molecule has 0 atom stereocenters. The van der Waals surface area contributed by atoms with E-state index in [1.807, 2.05) is 6.07 Å². The molecule has 1 fully saturated rings. The third-order valence-corrected chi connectivity index (χ3v) is 3.79. The van der Waals surface area contributed by atoms with E-state index >= 15 is 0 Å². The van der Waals surface area contributed by atoms with Crippen LogP contribution in [0.4, 0.5) is 11.6 Å². The number of nitrogen functional groups attached to an aromatic ring is 1. The molecular formula is C14H25N5O. The quantitative estimate of drug-likeness (QED) is 0.542. The minimum absolute atomic E-state index is 0.128. The first-order valence-corrected chi connectivity index (χ1v) is 7.38. The first kappa shape index (κ1) is 15.0. The highest BCUT2D eigenvalue weighted by atomic mass is 16.3. The lowest BCUT2D eigenvalue weighted by Crippen LogP contribution is -2.36. The molecule has 0 spiro atoms. The normalized spacial score (nSPS) is 15.8. The van der Waals surface area contributed by atoms with Gasteiger partial charge in [-0.3, -0.25) is 0 Å². The average Bonchev–Trinajstić information content (AvgIpc) is 2.98. The topological polar surface area (TPSA) is 87.3 Å². The molecule has 20 heavy (non-hydrogen) atoms. The zero-order chi connectivity index (χ0) is 14.5. The smallest absolute Gasteiger partial charge is 0.145 e. The molecule has 6 heteroatoms. The number of anilines is 2. The van der Waals surface area contributed by atoms with Crippen molar-refractivity contribution in [1.29, 1.82) is 0 Å². The predicted molar refractivity (Wildman–Crippen MR) is 80.6 cm³/mol. The highest BCUT2D eigenvalue weighted by Gasteiger charge is 2.24. The second-order valence-electron chi connectivity index (χ2n) is 5.62. The van der Waals surface area contributed by atoms with Crippen LogP contribution in [0.1, 0.15) is 51.3 Å². The molecule has 1 aliphatic carbocycles. The van der Waals surface area contributed by atoms with E-state index in [4.69, 9.17) is 5.84 Å². The molecule has 1 saturated carbocycles. The predicted octanol–water partition coefficient (Wildman–Crippen LogP) is 1.63. The van der Waals surface area contributed by atoms with Gasteiger partial charge in [0.05, 0.1) is 6.61 Å². The Morgan fingerprint density at radius 2 is 2.10 bits per heavy atom. The summed E-state index contributed by atoms with van der Waals surface area (Å²) in [5, 5.41) is 9.34. The zero-order valence-corrected chi connectivity index (χ0v) is 12.3. The molecule has 4 N–H and O–H groups in total. The number of hydrogen-bond acceptors (Lipinski definition) is 6. The van der Waals surface area contributed by atoms with Crippen LogP contribution in [0.15, 0.2) is 6.07 Å². The summed E-state index contributed by atoms with van der Waals surface area (Å²) >= 11 is 0. The number of rotatable bonds is 6. The van der Waals surface area contributed by atoms with Gasteiger partial charge in [0.15, 0.2) is 0 Å². The number of hydrogen-bond donors (Lipinski definition) is 3. The van der Waals surface area contributed by atoms with Crippen molar-refractivity contribution < 1.29 is 5.11 Å². The maximum atomic E-state index is 9.34. The van der Waals surface area contributed by atoms with Gasteiger partial charge in [0.1, 0.15) is 17.5 Å². The fourth-order valence-electron chi connectivity index (χ4n) is 2.74. The van der Waals surface area contributed by atoms with Crippen LogP contribution < -0.4 is 16.2 Å². The fraction of sp³-hybridized carbons (Fsp3) is 0.714. The average molecular weight is 279 g/mol. The summed E-state index contributed by atoms with van der Waals surface area (Å²) in [4.78, 5) is 11.2. The van der Waals surface area contributed by atoms with Crippen molar-refractivity contribution in [2.75, 3.05) is 23.5 Å². The largest absolute Gasteiger partial charge is 0.395 e. The van der Waals surface area contributed by atoms with Crippen LogP contribution in [0, 0.1) is 0 Å². The van der Waals surface area contributed by atoms with Crippen molar-refractivity contribution >= 4 is 11.6 Å². The van der Waals surface area contributed by atoms with Crippen LogP contribution in [0.3, 0.4) is 0 Å². The van der Waals surface area contributed by atoms with Crippen LogP contribution in [0.25, 0.3) is 0 Å². The molecule has 1 aliphatic rings. The van der Waals surface area contributed by atoms with Gasteiger partial charge in [-0.25, -0.2) is 15.8 Å². The van der Waals surface area contributed by atoms with Crippen molar-refractivity contribution in [2.45, 2.75) is 51.5 Å². The maximum absolute atomic E-state index is 9.34. The molecule has 0 aliphatic heterocycles. The lowest BCUT2D eigenvalue weighted by Gasteiger charge is -2.30. The lowest BCUT2D eigenvalue weighted by atomic mass is 10.2. The Kier molecular flexibility index (Phi) is 5.14. The summed E-state index contributed by atoms with van der Waals surface area (Å²) in [7, 11) is 0. The molecule has 112 valence electrons. The third kappa shape index (κ3) is 3.37. The molecule has 6 nitrogen and oxygen atoms in total. The molecule has 2 rings (SSSR count). The van der Waals surface area contributed by atoms with Gasteiger partial charge in [0, 0.05) is 24.6 Å². The maximum Gasteiger partial charge on any atom is 0.145 e. The van der Waals surface area contributed by atoms with Crippen LogP contribution in [0.2, 0.25) is 0 Å². The third-order valence-electron chi connectivity index (χ3n) is 3.79. The summed E-state index contributed by atoms with van der Waals surface area (Å²) < 4.78 is 0. The summed E-state index contributed by atoms with van der Waals surface area (Å²) in [6.45, 7) is 4.85. The van der Waals surface area contributed by atoms with Crippen molar-refractivity contribution in [3.05, 3.63) is 11.9 Å². The van der Waals surface area contributed by atoms with E-state index in [2.05, 4.69) is 34.1 Å². The molecular weight excluding hydrogens is 254 g/mol. The fourth-order valence-corrected chi connectivity index (χ4v) is 2.74. The standard InChI is InChI=1S/C14H25N5O/c1-10(2)14-16-12(18-15)9-13(17-14)19(7-8-20)11-5-3-4-6-11/h9-11,20H,3-8,15H2,1-2H3,(H,16,17,18). The molecule has 0 unspecified atom stereocenters. The Hall–Kier alpha value is -1.40. The summed E-state index contributed by atoms with van der Waals surface area (Å²) in [6, 6.07) is 2.32. The summed E-state index contributed by atoms with van der Waals surface area (Å²) in [5.41, 5.74) is 2.61. The van der Waals surface area contributed by atoms with E-state index in [-0.39, 0.29) is 12.5 Å². The van der Waals surface area contributed by atoms with E-state index in [9.17, 15) is 5.11 Å². The number of aliphatic hydroxyl groups excluding tert-OH is 1. The number of hydrazine groups is 1. The van der Waals surface area contributed by atoms with E-state index in [0.29, 0.717) is 18.4 Å². The number of nitrogens with zero attached hydrogens (tertiary/aromatic N) is 3. The second kappa shape index (κ2) is 6.85. The highest BCUT2D eigenvalue weighted by Crippen LogP contribution is 2.28. The highest BCUT2D eigenvalue weighted by molar-refractivity contribution is 5.50. The first-order valence-electron chi connectivity index (χ1n) is 7.38. The van der Waals surface area contributed by atoms with Crippen molar-refractivity contribution in [2.24, 2.45) is 5.84 Å². The molecule has 0 aromatic carbocycles. The van der Waals surface area contributed by atoms with Crippen LogP contribution in [0.5, 0.6) is 0 Å². The molecule has 0 amide bonds. The Balaban J connectivity index is 2.32. The Labute approximate surface area is 120 Å². The van der Waals surface area contributed by atoms with E-state index in [1.165, 1.54) is 12.8 Å². The van der Waals surface area contributed by atoms with Gasteiger partial charge in [0.25, 0.3) is 0 Å². The minimum Gasteiger partial charge on any atom is -0.395 e. The lowest BCUT2D eigenvalue weighted by molar-refractivity contribution is 0.296. The van der Waals surface area contributed by atoms with Gasteiger partial charge in [0.2, 0.25) is 0 Å². The molecule has 0 bridgehead atoms. The van der Waals surface area contributed by atoms with Crippen LogP contribution in [-0.4, -0.2) is 34.3 Å². The van der Waals surface area contributed by atoms with E-state index in [1.54, 1.807) is 0 Å². The molecule has 1 aromatic heterocycles. The van der Waals surface area contributed by atoms with E-state index in [0.717, 1.165) is 24.5 Å². The molecule has 0 saturated heterocycles. The Morgan fingerprint density at radius 3 is 2.65 bits per heavy atom. The van der Waals surface area contributed by atoms with Crippen LogP contribution in [-0.2, 0) is 0 Å². The summed E-state index contributed by atoms with van der Waals surface area (Å²) in [6.07, 6.45) is 4.81. The molecule has 1 heterocycles. The zero-order valence-electron chi connectivity index (χ0n) is 12.3. The number of nitrogens with two attached hydrogens (primary N) is 1. The first-order chi connectivity index (χ1) is 9.65. The van der Waals surface area contributed by atoms with E-state index < -0.39 is 0 Å². The minimum atomic E-state index is 0.128. The molecule has 0 radical (unpaired) electrons. The van der Waals surface area contributed by atoms with Gasteiger partial charge < -0.3 is 15.4 Å². The number of aromatic nitrogens is 2. The Morgan fingerprint density at radius 1 is 1.40 bits per heavy atom. The van der Waals surface area contributed by atoms with Gasteiger partial charge in [-0.15, -0.1) is 0 Å². The van der Waals surface area contributed by atoms with Crippen LogP contribution >= 0.6 is 0 Å². The second-order valence-corrected chi connectivity index (χ2v) is 5.62. The van der Waals surface area contributed by atoms with Crippen molar-refractivity contribution in [1.82, 2.24) is 9.97 Å². The van der Waals surface area contributed by atoms with Crippen molar-refractivity contribution in [3.63, 3.8) is 0 Å². The Bertz CT molecular complexity index is 432. The van der Waals surface area contributed by atoms with Gasteiger partial charge >= 0.3 is 0 Å². The SMILES string of the molecule is CC(C)c1nc(NN)cc(N(CCO)C2CCCC2)n1. The van der Waals surface area contributed by atoms with Gasteiger partial charge in [-0.1, -0.05) is 26.7 Å². The monoisotopic (exact) mass is 279 g/mol. The van der Waals surface area contributed by atoms with Crippen molar-refractivity contribution in [3.8, 4) is 0 Å². The number of nitrogens with one attached hydrogen (secondary N) is 1. The summed E-state index contributed by atoms with van der Waals surface area (Å²) in [5.74, 6) is 8.00. The molecule has 1 aromatic rings. The number of aliphatic hydroxyl groups is 1.